The lowest BCUT2D eigenvalue weighted by molar-refractivity contribution is 0.102. The number of rotatable bonds is 7. The van der Waals surface area contributed by atoms with Crippen molar-refractivity contribution < 1.29 is 14.3 Å². The van der Waals surface area contributed by atoms with Gasteiger partial charge < -0.3 is 9.47 Å². The number of carbonyl (C=O) groups excluding carboxylic acids is 1. The molecule has 3 aromatic carbocycles. The van der Waals surface area contributed by atoms with Crippen molar-refractivity contribution in [1.29, 1.82) is 0 Å². The van der Waals surface area contributed by atoms with Gasteiger partial charge >= 0.3 is 0 Å². The summed E-state index contributed by atoms with van der Waals surface area (Å²) in [5.74, 6) is 1.98. The number of hydrogen-bond acceptors (Lipinski definition) is 7. The number of methoxy groups -OCH3 is 2. The molecule has 0 saturated carbocycles. The van der Waals surface area contributed by atoms with Crippen LogP contribution in [0.2, 0.25) is 0 Å². The number of thioether (sulfide) groups is 1. The molecule has 0 fully saturated rings. The third-order valence-corrected chi connectivity index (χ3v) is 6.14. The van der Waals surface area contributed by atoms with E-state index in [9.17, 15) is 4.79 Å². The quantitative estimate of drug-likeness (QED) is 0.195. The normalized spacial score (nSPS) is 11.1. The summed E-state index contributed by atoms with van der Waals surface area (Å²) in [5.41, 5.74) is 2.87. The van der Waals surface area contributed by atoms with E-state index >= 15 is 0 Å². The van der Waals surface area contributed by atoms with E-state index in [2.05, 4.69) is 0 Å². The Morgan fingerprint density at radius 3 is 2.27 bits per heavy atom. The molecule has 8 heteroatoms. The van der Waals surface area contributed by atoms with Crippen molar-refractivity contribution in [3.8, 4) is 22.9 Å². The molecule has 0 unspecified atom stereocenters. The van der Waals surface area contributed by atoms with Gasteiger partial charge in [0.2, 0.25) is 0 Å². The third kappa shape index (κ3) is 4.01. The number of ether oxygens (including phenoxy) is 2. The van der Waals surface area contributed by atoms with Crippen LogP contribution < -0.4 is 9.47 Å². The average molecular weight is 457 g/mol. The molecule has 0 aliphatic carbocycles. The lowest BCUT2D eigenvalue weighted by Gasteiger charge is -2.11. The van der Waals surface area contributed by atoms with E-state index in [1.807, 2.05) is 72.8 Å². The van der Waals surface area contributed by atoms with Gasteiger partial charge in [-0.25, -0.2) is 9.97 Å². The molecule has 0 amide bonds. The van der Waals surface area contributed by atoms with E-state index in [-0.39, 0.29) is 11.5 Å². The molecule has 164 valence electrons. The van der Waals surface area contributed by atoms with Crippen molar-refractivity contribution in [3.05, 3.63) is 78.4 Å². The minimum absolute atomic E-state index is 0.0198. The number of Topliss-reactive ketones (excluding diaryl/α,β-unsaturated/α-hetero) is 1. The third-order valence-electron chi connectivity index (χ3n) is 5.21. The summed E-state index contributed by atoms with van der Waals surface area (Å²) in [5, 5.41) is 6.07. The Kier molecular flexibility index (Phi) is 5.66. The number of benzene rings is 3. The van der Waals surface area contributed by atoms with Gasteiger partial charge in [-0.05, 0) is 6.07 Å². The fourth-order valence-corrected chi connectivity index (χ4v) is 4.39. The maximum Gasteiger partial charge on any atom is 0.192 e. The molecular formula is C25H20N4O3S. The molecule has 0 aliphatic heterocycles. The van der Waals surface area contributed by atoms with E-state index in [1.54, 1.807) is 18.7 Å². The van der Waals surface area contributed by atoms with Gasteiger partial charge in [-0.15, -0.1) is 5.10 Å². The van der Waals surface area contributed by atoms with Gasteiger partial charge in [-0.1, -0.05) is 72.4 Å². The number of ketones is 1. The zero-order chi connectivity index (χ0) is 22.8. The fraction of sp³-hybridized carbons (Fsp3) is 0.120. The van der Waals surface area contributed by atoms with Gasteiger partial charge in [-0.2, -0.15) is 4.52 Å². The summed E-state index contributed by atoms with van der Waals surface area (Å²) in [6.45, 7) is 0. The lowest BCUT2D eigenvalue weighted by atomic mass is 10.2. The first-order valence-corrected chi connectivity index (χ1v) is 11.3. The largest absolute Gasteiger partial charge is 0.493 e. The van der Waals surface area contributed by atoms with E-state index in [0.717, 1.165) is 10.9 Å². The van der Waals surface area contributed by atoms with Gasteiger partial charge in [0, 0.05) is 22.6 Å². The summed E-state index contributed by atoms with van der Waals surface area (Å²) < 4.78 is 12.6. The van der Waals surface area contributed by atoms with Gasteiger partial charge in [-0.3, -0.25) is 4.79 Å². The van der Waals surface area contributed by atoms with Crippen LogP contribution in [0, 0.1) is 0 Å². The minimum Gasteiger partial charge on any atom is -0.493 e. The number of nitrogens with zero attached hydrogens (tertiary/aromatic N) is 4. The summed E-state index contributed by atoms with van der Waals surface area (Å²) >= 11 is 1.33. The molecule has 0 N–H and O–H groups in total. The predicted molar refractivity (Wildman–Crippen MR) is 128 cm³/mol. The summed E-state index contributed by atoms with van der Waals surface area (Å²) in [4.78, 5) is 22.3. The molecular weight excluding hydrogens is 436 g/mol. The highest BCUT2D eigenvalue weighted by Crippen LogP contribution is 2.35. The first-order valence-electron chi connectivity index (χ1n) is 10.3. The molecule has 2 heterocycles. The van der Waals surface area contributed by atoms with E-state index < -0.39 is 0 Å². The number of hydrogen-bond donors (Lipinski definition) is 0. The van der Waals surface area contributed by atoms with Gasteiger partial charge in [0.05, 0.1) is 25.5 Å². The van der Waals surface area contributed by atoms with Crippen molar-refractivity contribution in [2.45, 2.75) is 5.16 Å². The van der Waals surface area contributed by atoms with Crippen LogP contribution in [0.15, 0.2) is 78.0 Å². The van der Waals surface area contributed by atoms with Crippen molar-refractivity contribution in [3.63, 3.8) is 0 Å². The molecule has 0 atom stereocenters. The van der Waals surface area contributed by atoms with Crippen LogP contribution in [0.1, 0.15) is 10.4 Å². The van der Waals surface area contributed by atoms with Crippen LogP contribution in [0.5, 0.6) is 11.5 Å². The standard InChI is InChI=1S/C25H20N4O3S/c1-31-21-13-18-19(14-22(21)32-2)26-25(33-15-20(30)16-9-5-3-6-10-16)29-24(18)27-23(28-29)17-11-7-4-8-12-17/h3-14H,15H2,1-2H3. The highest BCUT2D eigenvalue weighted by molar-refractivity contribution is 7.99. The monoisotopic (exact) mass is 456 g/mol. The van der Waals surface area contributed by atoms with Crippen molar-refractivity contribution in [1.82, 2.24) is 19.6 Å². The summed E-state index contributed by atoms with van der Waals surface area (Å²) in [6.07, 6.45) is 0. The second-order valence-electron chi connectivity index (χ2n) is 7.23. The molecule has 7 nitrogen and oxygen atoms in total. The highest BCUT2D eigenvalue weighted by atomic mass is 32.2. The molecule has 0 radical (unpaired) electrons. The average Bonchev–Trinajstić information content (AvgIpc) is 3.33. The zero-order valence-electron chi connectivity index (χ0n) is 18.1. The molecule has 2 aromatic heterocycles. The maximum atomic E-state index is 12.7. The Morgan fingerprint density at radius 1 is 0.909 bits per heavy atom. The molecule has 0 saturated heterocycles. The Morgan fingerprint density at radius 2 is 1.58 bits per heavy atom. The highest BCUT2D eigenvalue weighted by Gasteiger charge is 2.18. The van der Waals surface area contributed by atoms with Gasteiger partial charge in [0.15, 0.2) is 33.9 Å². The Hall–Kier alpha value is -3.91. The predicted octanol–water partition coefficient (Wildman–Crippen LogP) is 4.94. The molecule has 5 aromatic rings. The van der Waals surface area contributed by atoms with Crippen LogP contribution in [0.25, 0.3) is 27.9 Å². The molecule has 0 spiro atoms. The molecule has 0 bridgehead atoms. The SMILES string of the molecule is COc1cc2nc(SCC(=O)c3ccccc3)n3nc(-c4ccccc4)nc3c2cc1OC. The van der Waals surface area contributed by atoms with Crippen LogP contribution in [-0.4, -0.2) is 45.3 Å². The smallest absolute Gasteiger partial charge is 0.192 e. The fourth-order valence-electron chi connectivity index (χ4n) is 3.55. The number of carbonyl (C=O) groups is 1. The van der Waals surface area contributed by atoms with Crippen LogP contribution in [-0.2, 0) is 0 Å². The Bertz CT molecular complexity index is 1450. The second-order valence-corrected chi connectivity index (χ2v) is 8.18. The Labute approximate surface area is 194 Å². The summed E-state index contributed by atoms with van der Waals surface area (Å²) in [6, 6.07) is 22.6. The number of aromatic nitrogens is 4. The minimum atomic E-state index is 0.0198. The lowest BCUT2D eigenvalue weighted by Crippen LogP contribution is -2.05. The topological polar surface area (TPSA) is 78.6 Å². The van der Waals surface area contributed by atoms with Crippen LogP contribution >= 0.6 is 11.8 Å². The van der Waals surface area contributed by atoms with E-state index in [0.29, 0.717) is 39.2 Å². The van der Waals surface area contributed by atoms with Crippen LogP contribution in [0.4, 0.5) is 0 Å². The van der Waals surface area contributed by atoms with Crippen LogP contribution in [0.3, 0.4) is 0 Å². The van der Waals surface area contributed by atoms with Crippen molar-refractivity contribution in [2.24, 2.45) is 0 Å². The molecule has 33 heavy (non-hydrogen) atoms. The van der Waals surface area contributed by atoms with E-state index in [1.165, 1.54) is 11.8 Å². The second kappa shape index (κ2) is 8.91. The van der Waals surface area contributed by atoms with Gasteiger partial charge in [0.25, 0.3) is 0 Å². The molecule has 0 aliphatic rings. The van der Waals surface area contributed by atoms with Gasteiger partial charge in [0.1, 0.15) is 0 Å². The first-order chi connectivity index (χ1) is 16.2. The number of fused-ring (bicyclic) bond motifs is 3. The molecule has 5 rings (SSSR count). The van der Waals surface area contributed by atoms with Crippen molar-refractivity contribution in [2.75, 3.05) is 20.0 Å². The maximum absolute atomic E-state index is 12.7. The Balaban J connectivity index is 1.64. The zero-order valence-corrected chi connectivity index (χ0v) is 18.9. The van der Waals surface area contributed by atoms with E-state index in [4.69, 9.17) is 24.5 Å². The summed E-state index contributed by atoms with van der Waals surface area (Å²) in [7, 11) is 3.17. The van der Waals surface area contributed by atoms with Crippen molar-refractivity contribution >= 4 is 34.1 Å². The first kappa shape index (κ1) is 21.0.